The largest absolute Gasteiger partial charge is 0.355 e. The maximum Gasteiger partial charge on any atom is 0.221 e. The van der Waals surface area contributed by atoms with Gasteiger partial charge in [-0.05, 0) is 7.05 Å². The Labute approximate surface area is 91.1 Å². The number of carbonyl (C=O) groups excluding carboxylic acids is 1. The Kier molecular flexibility index (Phi) is 6.46. The highest BCUT2D eigenvalue weighted by Gasteiger charge is 2.13. The van der Waals surface area contributed by atoms with Gasteiger partial charge in [-0.25, -0.2) is 12.7 Å². The molecule has 0 saturated carbocycles. The van der Waals surface area contributed by atoms with Crippen LogP contribution in [0.3, 0.4) is 0 Å². The maximum absolute atomic E-state index is 11.3. The summed E-state index contributed by atoms with van der Waals surface area (Å²) in [6.07, 6.45) is 0.360. The minimum Gasteiger partial charge on any atom is -0.355 e. The van der Waals surface area contributed by atoms with Gasteiger partial charge < -0.3 is 10.6 Å². The van der Waals surface area contributed by atoms with Gasteiger partial charge in [-0.1, -0.05) is 0 Å². The van der Waals surface area contributed by atoms with Crippen molar-refractivity contribution in [1.82, 2.24) is 14.9 Å². The Morgan fingerprint density at radius 3 is 2.33 bits per heavy atom. The molecule has 0 unspecified atom stereocenters. The van der Waals surface area contributed by atoms with E-state index in [-0.39, 0.29) is 18.2 Å². The molecular weight excluding hydrogens is 218 g/mol. The van der Waals surface area contributed by atoms with Gasteiger partial charge >= 0.3 is 0 Å². The molecule has 90 valence electrons. The molecule has 2 N–H and O–H groups in total. The fourth-order valence-corrected chi connectivity index (χ4v) is 1.55. The summed E-state index contributed by atoms with van der Waals surface area (Å²) < 4.78 is 23.7. The van der Waals surface area contributed by atoms with Gasteiger partial charge in [0, 0.05) is 33.6 Å². The molecule has 6 nitrogen and oxygen atoms in total. The molecule has 0 aliphatic carbocycles. The SMILES string of the molecule is CNCCC(=O)NCCS(=O)(=O)N(C)C. The van der Waals surface area contributed by atoms with E-state index in [1.165, 1.54) is 14.1 Å². The summed E-state index contributed by atoms with van der Waals surface area (Å²) in [6.45, 7) is 0.745. The molecule has 0 aromatic carbocycles. The van der Waals surface area contributed by atoms with Crippen LogP contribution >= 0.6 is 0 Å². The van der Waals surface area contributed by atoms with Gasteiger partial charge in [-0.15, -0.1) is 0 Å². The fourth-order valence-electron chi connectivity index (χ4n) is 0.829. The third kappa shape index (κ3) is 6.43. The van der Waals surface area contributed by atoms with E-state index in [1.807, 2.05) is 0 Å². The molecule has 0 aliphatic heterocycles. The number of rotatable bonds is 7. The van der Waals surface area contributed by atoms with Crippen molar-refractivity contribution in [2.75, 3.05) is 40.0 Å². The summed E-state index contributed by atoms with van der Waals surface area (Å²) in [6, 6.07) is 0. The van der Waals surface area contributed by atoms with Gasteiger partial charge in [0.15, 0.2) is 0 Å². The number of hydrogen-bond donors (Lipinski definition) is 2. The van der Waals surface area contributed by atoms with Crippen LogP contribution in [-0.2, 0) is 14.8 Å². The molecule has 0 heterocycles. The minimum atomic E-state index is -3.21. The van der Waals surface area contributed by atoms with Crippen molar-refractivity contribution in [2.24, 2.45) is 0 Å². The third-order valence-electron chi connectivity index (χ3n) is 1.84. The normalized spacial score (nSPS) is 11.7. The standard InChI is InChI=1S/C8H19N3O3S/c1-9-5-4-8(12)10-6-7-15(13,14)11(2)3/h9H,4-7H2,1-3H3,(H,10,12). The van der Waals surface area contributed by atoms with Gasteiger partial charge in [0.1, 0.15) is 0 Å². The second-order valence-corrected chi connectivity index (χ2v) is 5.60. The van der Waals surface area contributed by atoms with Crippen molar-refractivity contribution in [1.29, 1.82) is 0 Å². The summed E-state index contributed by atoms with van der Waals surface area (Å²) in [4.78, 5) is 11.1. The molecule has 0 radical (unpaired) electrons. The first kappa shape index (κ1) is 14.3. The molecule has 1 amide bonds. The summed E-state index contributed by atoms with van der Waals surface area (Å²) in [5, 5.41) is 5.38. The van der Waals surface area contributed by atoms with Crippen LogP contribution < -0.4 is 10.6 Å². The molecule has 0 spiro atoms. The molecule has 0 rings (SSSR count). The van der Waals surface area contributed by atoms with E-state index >= 15 is 0 Å². The molecular formula is C8H19N3O3S. The number of sulfonamides is 1. The highest BCUT2D eigenvalue weighted by Crippen LogP contribution is 1.92. The van der Waals surface area contributed by atoms with E-state index in [0.29, 0.717) is 13.0 Å². The van der Waals surface area contributed by atoms with Crippen LogP contribution in [0.4, 0.5) is 0 Å². The third-order valence-corrected chi connectivity index (χ3v) is 3.67. The molecule has 0 saturated heterocycles. The van der Waals surface area contributed by atoms with Crippen molar-refractivity contribution in [3.8, 4) is 0 Å². The van der Waals surface area contributed by atoms with Gasteiger partial charge in [0.25, 0.3) is 0 Å². The molecule has 15 heavy (non-hydrogen) atoms. The predicted molar refractivity (Wildman–Crippen MR) is 59.0 cm³/mol. The maximum atomic E-state index is 11.3. The Morgan fingerprint density at radius 2 is 1.87 bits per heavy atom. The topological polar surface area (TPSA) is 78.5 Å². The van der Waals surface area contributed by atoms with Crippen LogP contribution in [0.15, 0.2) is 0 Å². The lowest BCUT2D eigenvalue weighted by Crippen LogP contribution is -2.34. The van der Waals surface area contributed by atoms with E-state index in [4.69, 9.17) is 0 Å². The van der Waals surface area contributed by atoms with Crippen molar-refractivity contribution in [3.05, 3.63) is 0 Å². The molecule has 0 fully saturated rings. The smallest absolute Gasteiger partial charge is 0.221 e. The summed E-state index contributed by atoms with van der Waals surface area (Å²) in [7, 11) is 1.48. The molecule has 0 aromatic heterocycles. The molecule has 0 aliphatic rings. The number of carbonyl (C=O) groups is 1. The van der Waals surface area contributed by atoms with Crippen LogP contribution in [0.5, 0.6) is 0 Å². The first-order chi connectivity index (χ1) is 6.90. The molecule has 0 atom stereocenters. The average molecular weight is 237 g/mol. The highest BCUT2D eigenvalue weighted by molar-refractivity contribution is 7.89. The molecule has 0 aromatic rings. The zero-order valence-corrected chi connectivity index (χ0v) is 10.2. The van der Waals surface area contributed by atoms with Crippen LogP contribution in [0.1, 0.15) is 6.42 Å². The quantitative estimate of drug-likeness (QED) is 0.571. The van der Waals surface area contributed by atoms with Crippen LogP contribution in [0.25, 0.3) is 0 Å². The lowest BCUT2D eigenvalue weighted by Gasteiger charge is -2.11. The number of nitrogens with one attached hydrogen (secondary N) is 2. The second kappa shape index (κ2) is 6.76. The second-order valence-electron chi connectivity index (χ2n) is 3.30. The summed E-state index contributed by atoms with van der Waals surface area (Å²) in [5.74, 6) is -0.205. The van der Waals surface area contributed by atoms with Gasteiger partial charge in [0.05, 0.1) is 5.75 Å². The van der Waals surface area contributed by atoms with E-state index in [2.05, 4.69) is 10.6 Å². The number of amides is 1. The molecule has 0 bridgehead atoms. The van der Waals surface area contributed by atoms with Crippen LogP contribution in [0, 0.1) is 0 Å². The molecule has 7 heteroatoms. The monoisotopic (exact) mass is 237 g/mol. The lowest BCUT2D eigenvalue weighted by molar-refractivity contribution is -0.120. The summed E-state index contributed by atoms with van der Waals surface area (Å²) in [5.41, 5.74) is 0. The summed E-state index contributed by atoms with van der Waals surface area (Å²) >= 11 is 0. The van der Waals surface area contributed by atoms with Crippen LogP contribution in [0.2, 0.25) is 0 Å². The van der Waals surface area contributed by atoms with E-state index < -0.39 is 10.0 Å². The van der Waals surface area contributed by atoms with Gasteiger partial charge in [-0.3, -0.25) is 4.79 Å². The predicted octanol–water partition coefficient (Wildman–Crippen LogP) is -1.40. The van der Waals surface area contributed by atoms with Crippen molar-refractivity contribution < 1.29 is 13.2 Å². The fraction of sp³-hybridized carbons (Fsp3) is 0.875. The Balaban J connectivity index is 3.75. The zero-order chi connectivity index (χ0) is 11.9. The van der Waals surface area contributed by atoms with E-state index in [9.17, 15) is 13.2 Å². The van der Waals surface area contributed by atoms with Crippen LogP contribution in [-0.4, -0.2) is 58.6 Å². The van der Waals surface area contributed by atoms with E-state index in [1.54, 1.807) is 7.05 Å². The Morgan fingerprint density at radius 1 is 1.27 bits per heavy atom. The van der Waals surface area contributed by atoms with Gasteiger partial charge in [-0.2, -0.15) is 0 Å². The minimum absolute atomic E-state index is 0.0642. The average Bonchev–Trinajstić information content (AvgIpc) is 2.14. The van der Waals surface area contributed by atoms with E-state index in [0.717, 1.165) is 4.31 Å². The van der Waals surface area contributed by atoms with Crippen molar-refractivity contribution >= 4 is 15.9 Å². The number of nitrogens with zero attached hydrogens (tertiary/aromatic N) is 1. The van der Waals surface area contributed by atoms with Crippen molar-refractivity contribution in [2.45, 2.75) is 6.42 Å². The zero-order valence-electron chi connectivity index (χ0n) is 9.41. The van der Waals surface area contributed by atoms with Crippen molar-refractivity contribution in [3.63, 3.8) is 0 Å². The first-order valence-electron chi connectivity index (χ1n) is 4.71. The Bertz CT molecular complexity index is 288. The highest BCUT2D eigenvalue weighted by atomic mass is 32.2. The van der Waals surface area contributed by atoms with Gasteiger partial charge in [0.2, 0.25) is 15.9 Å². The first-order valence-corrected chi connectivity index (χ1v) is 6.32. The Hall–Kier alpha value is -0.660. The number of hydrogen-bond acceptors (Lipinski definition) is 4. The lowest BCUT2D eigenvalue weighted by atomic mass is 10.4.